The van der Waals surface area contributed by atoms with Crippen LogP contribution in [0.4, 0.5) is 23.1 Å². The average molecular weight is 380 g/mol. The molecule has 0 saturated heterocycles. The normalized spacial score (nSPS) is 11.7. The second-order valence-corrected chi connectivity index (χ2v) is 6.24. The molecule has 2 heterocycles. The van der Waals surface area contributed by atoms with Crippen molar-refractivity contribution >= 4 is 23.1 Å². The fourth-order valence-corrected chi connectivity index (χ4v) is 2.58. The number of anilines is 3. The Kier molecular flexibility index (Phi) is 5.75. The standard InChI is InChI=1S/C19H20N6O3/c1-12(11-26)21-19-23-16(15-6-3-4-9-20-15)10-18(24-19)22-14-7-5-8-17(13(14)2)25(27)28/h3-10,12,26H,11H2,1-2H3,(H2,21,22,23,24)/t12-/m0/s1. The zero-order valence-electron chi connectivity index (χ0n) is 15.5. The topological polar surface area (TPSA) is 126 Å². The first-order chi connectivity index (χ1) is 13.5. The van der Waals surface area contributed by atoms with Gasteiger partial charge in [0.1, 0.15) is 5.82 Å². The molecule has 0 unspecified atom stereocenters. The van der Waals surface area contributed by atoms with Crippen LogP contribution in [-0.2, 0) is 0 Å². The van der Waals surface area contributed by atoms with Crippen LogP contribution in [0, 0.1) is 17.0 Å². The van der Waals surface area contributed by atoms with Gasteiger partial charge in [0.25, 0.3) is 5.69 Å². The van der Waals surface area contributed by atoms with Crippen molar-refractivity contribution in [2.75, 3.05) is 17.2 Å². The van der Waals surface area contributed by atoms with E-state index < -0.39 is 4.92 Å². The molecule has 1 atom stereocenters. The fourth-order valence-electron chi connectivity index (χ4n) is 2.58. The van der Waals surface area contributed by atoms with E-state index in [1.54, 1.807) is 38.2 Å². The lowest BCUT2D eigenvalue weighted by atomic mass is 10.1. The summed E-state index contributed by atoms with van der Waals surface area (Å²) in [5.74, 6) is 0.766. The number of aromatic nitrogens is 3. The number of nitrogens with zero attached hydrogens (tertiary/aromatic N) is 4. The third kappa shape index (κ3) is 4.38. The number of aliphatic hydroxyl groups excluding tert-OH is 1. The van der Waals surface area contributed by atoms with Gasteiger partial charge in [0.05, 0.1) is 28.5 Å². The number of nitro benzene ring substituents is 1. The Morgan fingerprint density at radius 3 is 2.68 bits per heavy atom. The Hall–Kier alpha value is -3.59. The molecule has 0 aliphatic heterocycles. The van der Waals surface area contributed by atoms with Gasteiger partial charge < -0.3 is 15.7 Å². The predicted octanol–water partition coefficient (Wildman–Crippen LogP) is 3.29. The van der Waals surface area contributed by atoms with Gasteiger partial charge in [0, 0.05) is 30.1 Å². The van der Waals surface area contributed by atoms with E-state index in [9.17, 15) is 15.2 Å². The van der Waals surface area contributed by atoms with Gasteiger partial charge in [0.2, 0.25) is 5.95 Å². The monoisotopic (exact) mass is 380 g/mol. The van der Waals surface area contributed by atoms with Crippen molar-refractivity contribution in [2.24, 2.45) is 0 Å². The number of pyridine rings is 1. The second kappa shape index (κ2) is 8.40. The fraction of sp³-hybridized carbons (Fsp3) is 0.211. The van der Waals surface area contributed by atoms with Crippen LogP contribution in [0.15, 0.2) is 48.7 Å². The summed E-state index contributed by atoms with van der Waals surface area (Å²) in [6.45, 7) is 3.40. The van der Waals surface area contributed by atoms with E-state index in [0.29, 0.717) is 34.4 Å². The summed E-state index contributed by atoms with van der Waals surface area (Å²) in [5.41, 5.74) is 2.33. The van der Waals surface area contributed by atoms with Gasteiger partial charge in [0.15, 0.2) is 0 Å². The molecule has 0 bridgehead atoms. The maximum Gasteiger partial charge on any atom is 0.274 e. The minimum atomic E-state index is -0.421. The summed E-state index contributed by atoms with van der Waals surface area (Å²) in [6.07, 6.45) is 1.67. The Bertz CT molecular complexity index is 981. The minimum Gasteiger partial charge on any atom is -0.394 e. The molecule has 1 aromatic carbocycles. The molecule has 9 nitrogen and oxygen atoms in total. The highest BCUT2D eigenvalue weighted by Gasteiger charge is 2.15. The van der Waals surface area contributed by atoms with E-state index in [4.69, 9.17) is 0 Å². The molecule has 0 aliphatic carbocycles. The van der Waals surface area contributed by atoms with Crippen LogP contribution in [0.2, 0.25) is 0 Å². The zero-order chi connectivity index (χ0) is 20.1. The van der Waals surface area contributed by atoms with E-state index in [0.717, 1.165) is 0 Å². The van der Waals surface area contributed by atoms with Crippen LogP contribution in [-0.4, -0.2) is 37.6 Å². The molecule has 0 amide bonds. The molecular weight excluding hydrogens is 360 g/mol. The molecule has 0 saturated carbocycles. The third-order valence-electron chi connectivity index (χ3n) is 4.07. The van der Waals surface area contributed by atoms with Gasteiger partial charge >= 0.3 is 0 Å². The SMILES string of the molecule is Cc1c(Nc2cc(-c3ccccn3)nc(N[C@@H](C)CO)n2)cccc1[N+](=O)[O-]. The predicted molar refractivity (Wildman–Crippen MR) is 107 cm³/mol. The van der Waals surface area contributed by atoms with Gasteiger partial charge in [-0.05, 0) is 32.0 Å². The molecule has 3 aromatic rings. The van der Waals surface area contributed by atoms with E-state index in [1.165, 1.54) is 6.07 Å². The lowest BCUT2D eigenvalue weighted by Crippen LogP contribution is -2.21. The summed E-state index contributed by atoms with van der Waals surface area (Å²) in [4.78, 5) is 23.9. The molecule has 0 radical (unpaired) electrons. The van der Waals surface area contributed by atoms with E-state index in [-0.39, 0.29) is 18.3 Å². The summed E-state index contributed by atoms with van der Waals surface area (Å²) >= 11 is 0. The highest BCUT2D eigenvalue weighted by atomic mass is 16.6. The number of hydrogen-bond acceptors (Lipinski definition) is 8. The van der Waals surface area contributed by atoms with Gasteiger partial charge in [-0.2, -0.15) is 4.98 Å². The third-order valence-corrected chi connectivity index (χ3v) is 4.07. The van der Waals surface area contributed by atoms with Crippen molar-refractivity contribution in [3.05, 3.63) is 64.3 Å². The molecule has 28 heavy (non-hydrogen) atoms. The molecule has 144 valence electrons. The highest BCUT2D eigenvalue weighted by Crippen LogP contribution is 2.28. The zero-order valence-corrected chi connectivity index (χ0v) is 15.5. The summed E-state index contributed by atoms with van der Waals surface area (Å²) in [5, 5.41) is 26.6. The number of hydrogen-bond donors (Lipinski definition) is 3. The highest BCUT2D eigenvalue weighted by molar-refractivity contribution is 5.69. The van der Waals surface area contributed by atoms with Crippen molar-refractivity contribution in [3.8, 4) is 11.4 Å². The molecule has 0 aliphatic rings. The first-order valence-electron chi connectivity index (χ1n) is 8.67. The van der Waals surface area contributed by atoms with Crippen LogP contribution in [0.5, 0.6) is 0 Å². The molecule has 0 fully saturated rings. The number of benzene rings is 1. The molecule has 2 aromatic heterocycles. The molecule has 3 N–H and O–H groups in total. The van der Waals surface area contributed by atoms with Crippen molar-refractivity contribution < 1.29 is 10.0 Å². The minimum absolute atomic E-state index is 0.0243. The van der Waals surface area contributed by atoms with Crippen LogP contribution >= 0.6 is 0 Å². The maximum absolute atomic E-state index is 11.2. The van der Waals surface area contributed by atoms with Gasteiger partial charge in [-0.1, -0.05) is 12.1 Å². The quantitative estimate of drug-likeness (QED) is 0.421. The van der Waals surface area contributed by atoms with E-state index in [2.05, 4.69) is 25.6 Å². The number of nitro groups is 1. The second-order valence-electron chi connectivity index (χ2n) is 6.24. The molecule has 9 heteroatoms. The largest absolute Gasteiger partial charge is 0.394 e. The maximum atomic E-state index is 11.2. The first-order valence-corrected chi connectivity index (χ1v) is 8.67. The van der Waals surface area contributed by atoms with E-state index in [1.807, 2.05) is 18.2 Å². The van der Waals surface area contributed by atoms with Crippen LogP contribution in [0.1, 0.15) is 12.5 Å². The lowest BCUT2D eigenvalue weighted by Gasteiger charge is -2.15. The summed E-state index contributed by atoms with van der Waals surface area (Å²) in [7, 11) is 0. The Labute approximate surface area is 161 Å². The van der Waals surface area contributed by atoms with Crippen LogP contribution in [0.25, 0.3) is 11.4 Å². The first kappa shape index (κ1) is 19.2. The Balaban J connectivity index is 2.01. The number of nitrogens with one attached hydrogen (secondary N) is 2. The average Bonchev–Trinajstić information content (AvgIpc) is 2.69. The molecule has 3 rings (SSSR count). The van der Waals surface area contributed by atoms with E-state index >= 15 is 0 Å². The lowest BCUT2D eigenvalue weighted by molar-refractivity contribution is -0.385. The summed E-state index contributed by atoms with van der Waals surface area (Å²) < 4.78 is 0. The van der Waals surface area contributed by atoms with Gasteiger partial charge in [-0.3, -0.25) is 15.1 Å². The summed E-state index contributed by atoms with van der Waals surface area (Å²) in [6, 6.07) is 11.8. The number of aliphatic hydroxyl groups is 1. The van der Waals surface area contributed by atoms with Crippen molar-refractivity contribution in [3.63, 3.8) is 0 Å². The van der Waals surface area contributed by atoms with Crippen molar-refractivity contribution in [1.29, 1.82) is 0 Å². The number of rotatable bonds is 7. The Morgan fingerprint density at radius 2 is 2.00 bits per heavy atom. The van der Waals surface area contributed by atoms with Crippen molar-refractivity contribution in [1.82, 2.24) is 15.0 Å². The van der Waals surface area contributed by atoms with Crippen LogP contribution in [0.3, 0.4) is 0 Å². The molecule has 0 spiro atoms. The van der Waals surface area contributed by atoms with Crippen molar-refractivity contribution in [2.45, 2.75) is 19.9 Å². The van der Waals surface area contributed by atoms with Gasteiger partial charge in [-0.15, -0.1) is 0 Å². The molecular formula is C19H20N6O3. The van der Waals surface area contributed by atoms with Gasteiger partial charge in [-0.25, -0.2) is 4.98 Å². The van der Waals surface area contributed by atoms with Crippen LogP contribution < -0.4 is 10.6 Å². The smallest absolute Gasteiger partial charge is 0.274 e. The Morgan fingerprint density at radius 1 is 1.18 bits per heavy atom.